The molecule has 1 N–H and O–H groups in total. The number of alkyl halides is 16. The lowest BCUT2D eigenvalue weighted by molar-refractivity contribution is -0.464. The molecule has 1 aliphatic rings. The third-order valence-electron chi connectivity index (χ3n) is 5.41. The van der Waals surface area contributed by atoms with E-state index in [9.17, 15) is 70.2 Å². The van der Waals surface area contributed by atoms with Gasteiger partial charge in [-0.25, -0.2) is 5.32 Å². The van der Waals surface area contributed by atoms with Gasteiger partial charge in [-0.3, -0.25) is 0 Å². The van der Waals surface area contributed by atoms with Gasteiger partial charge >= 0.3 is 56.3 Å². The standard InChI is InChI=1S/C17H21F16NO3Si/c1-4-35-38(36-5-2,37-6-3)8-7-9-10(18,19)11(20,21)12(22,23)13(24,25)14(26,27)15(28,29)16(30,31)17(32,33)34-9/h9,34H,4-8H2,1-3H3. The molecule has 4 nitrogen and oxygen atoms in total. The molecule has 0 amide bonds. The predicted molar refractivity (Wildman–Crippen MR) is 96.6 cm³/mol. The molecule has 1 heterocycles. The monoisotopic (exact) mass is 619 g/mol. The van der Waals surface area contributed by atoms with Crippen LogP contribution in [0.3, 0.4) is 0 Å². The zero-order chi connectivity index (χ0) is 30.4. The Balaban J connectivity index is 3.93. The third-order valence-corrected chi connectivity index (χ3v) is 8.50. The quantitative estimate of drug-likeness (QED) is 0.183. The van der Waals surface area contributed by atoms with Gasteiger partial charge in [0.2, 0.25) is 0 Å². The van der Waals surface area contributed by atoms with Crippen molar-refractivity contribution in [3.8, 4) is 0 Å². The molecule has 38 heavy (non-hydrogen) atoms. The molecule has 228 valence electrons. The number of hydrogen-bond donors (Lipinski definition) is 1. The lowest BCUT2D eigenvalue weighted by atomic mass is 9.84. The Bertz CT molecular complexity index is 808. The van der Waals surface area contributed by atoms with E-state index in [-0.39, 0.29) is 0 Å². The van der Waals surface area contributed by atoms with Crippen LogP contribution in [-0.4, -0.2) is 82.2 Å². The normalized spacial score (nSPS) is 29.0. The van der Waals surface area contributed by atoms with E-state index in [2.05, 4.69) is 0 Å². The lowest BCUT2D eigenvalue weighted by Crippen LogP contribution is -2.80. The Morgan fingerprint density at radius 2 is 0.842 bits per heavy atom. The topological polar surface area (TPSA) is 39.7 Å². The van der Waals surface area contributed by atoms with Gasteiger partial charge in [-0.15, -0.1) is 0 Å². The molecule has 0 spiro atoms. The molecule has 1 atom stereocenters. The van der Waals surface area contributed by atoms with Gasteiger partial charge in [0.05, 0.1) is 6.04 Å². The summed E-state index contributed by atoms with van der Waals surface area (Å²) in [4.78, 5) is 0. The van der Waals surface area contributed by atoms with Crippen LogP contribution in [-0.2, 0) is 13.3 Å². The highest BCUT2D eigenvalue weighted by molar-refractivity contribution is 6.60. The van der Waals surface area contributed by atoms with Gasteiger partial charge < -0.3 is 13.3 Å². The van der Waals surface area contributed by atoms with E-state index in [0.29, 0.717) is 0 Å². The van der Waals surface area contributed by atoms with Crippen LogP contribution in [0.1, 0.15) is 27.2 Å². The minimum atomic E-state index is -8.42. The maximum Gasteiger partial charge on any atom is 0.500 e. The predicted octanol–water partition coefficient (Wildman–Crippen LogP) is 6.44. The van der Waals surface area contributed by atoms with E-state index >= 15 is 0 Å². The molecular formula is C17H21F16NO3Si. The lowest BCUT2D eigenvalue weighted by Gasteiger charge is -2.47. The van der Waals surface area contributed by atoms with Crippen LogP contribution in [0.2, 0.25) is 6.04 Å². The highest BCUT2D eigenvalue weighted by Crippen LogP contribution is 2.65. The molecular weight excluding hydrogens is 598 g/mol. The first-order valence-corrected chi connectivity index (χ1v) is 12.4. The molecule has 0 radical (unpaired) electrons. The van der Waals surface area contributed by atoms with Gasteiger partial charge in [-0.2, -0.15) is 70.2 Å². The largest absolute Gasteiger partial charge is 0.500 e. The second kappa shape index (κ2) is 10.4. The second-order valence-electron chi connectivity index (χ2n) is 7.86. The average molecular weight is 619 g/mol. The Hall–Kier alpha value is -1.06. The molecule has 0 aromatic rings. The molecule has 21 heteroatoms. The fraction of sp³-hybridized carbons (Fsp3) is 1.00. The van der Waals surface area contributed by atoms with Gasteiger partial charge in [-0.05, 0) is 27.2 Å². The van der Waals surface area contributed by atoms with E-state index < -0.39 is 100.0 Å². The highest BCUT2D eigenvalue weighted by atomic mass is 28.4. The Morgan fingerprint density at radius 3 is 1.18 bits per heavy atom. The van der Waals surface area contributed by atoms with Crippen LogP contribution in [0, 0.1) is 0 Å². The van der Waals surface area contributed by atoms with Crippen LogP contribution in [0.5, 0.6) is 0 Å². The number of halogens is 16. The first-order chi connectivity index (χ1) is 16.7. The van der Waals surface area contributed by atoms with Crippen molar-refractivity contribution in [3.05, 3.63) is 0 Å². The highest BCUT2D eigenvalue weighted by Gasteiger charge is 2.96. The summed E-state index contributed by atoms with van der Waals surface area (Å²) in [5.74, 6) is -55.9. The number of rotatable bonds is 9. The van der Waals surface area contributed by atoms with Crippen LogP contribution in [0.25, 0.3) is 0 Å². The fourth-order valence-corrected chi connectivity index (χ4v) is 6.03. The molecule has 0 aliphatic carbocycles. The molecule has 1 aliphatic heterocycles. The summed E-state index contributed by atoms with van der Waals surface area (Å²) in [5, 5.41) is -0.393. The molecule has 0 aromatic heterocycles. The van der Waals surface area contributed by atoms with Crippen LogP contribution in [0.4, 0.5) is 70.2 Å². The first-order valence-electron chi connectivity index (χ1n) is 10.5. The molecule has 1 fully saturated rings. The SMILES string of the molecule is CCO[Si](CCC1NC(F)(F)C(F)(F)C(F)(F)C(F)(F)C(F)(F)C(F)(F)C(F)(F)C1(F)F)(OCC)OCC. The van der Waals surface area contributed by atoms with Gasteiger partial charge in [0, 0.05) is 25.9 Å². The summed E-state index contributed by atoms with van der Waals surface area (Å²) in [6.07, 6.45) is -2.11. The van der Waals surface area contributed by atoms with Gasteiger partial charge in [-0.1, -0.05) is 0 Å². The summed E-state index contributed by atoms with van der Waals surface area (Å²) in [7, 11) is -4.39. The summed E-state index contributed by atoms with van der Waals surface area (Å²) in [6, 6.07) is -12.9. The smallest absolute Gasteiger partial charge is 0.374 e. The van der Waals surface area contributed by atoms with Crippen molar-refractivity contribution in [2.24, 2.45) is 0 Å². The van der Waals surface area contributed by atoms with Crippen molar-refractivity contribution in [2.75, 3.05) is 19.8 Å². The average Bonchev–Trinajstić information content (AvgIpc) is 2.75. The van der Waals surface area contributed by atoms with Crippen LogP contribution in [0.15, 0.2) is 0 Å². The summed E-state index contributed by atoms with van der Waals surface area (Å²) < 4.78 is 240. The zero-order valence-corrected chi connectivity index (χ0v) is 20.4. The number of nitrogens with one attached hydrogen (secondary N) is 1. The van der Waals surface area contributed by atoms with E-state index in [1.807, 2.05) is 0 Å². The minimum absolute atomic E-state index is 0.392. The zero-order valence-electron chi connectivity index (χ0n) is 19.4. The third kappa shape index (κ3) is 4.87. The maximum absolute atomic E-state index is 14.7. The van der Waals surface area contributed by atoms with Crippen molar-refractivity contribution in [2.45, 2.75) is 86.8 Å². The fourth-order valence-electron chi connectivity index (χ4n) is 3.39. The summed E-state index contributed by atoms with van der Waals surface area (Å²) in [6.45, 7) is 2.50. The Kier molecular flexibility index (Phi) is 9.57. The van der Waals surface area contributed by atoms with Crippen molar-refractivity contribution in [3.63, 3.8) is 0 Å². The summed E-state index contributed by atoms with van der Waals surface area (Å²) in [5.41, 5.74) is 0. The van der Waals surface area contributed by atoms with Gasteiger partial charge in [0.15, 0.2) is 0 Å². The molecule has 1 rings (SSSR count). The number of hydrogen-bond acceptors (Lipinski definition) is 4. The molecule has 0 aromatic carbocycles. The Labute approximate surface area is 205 Å². The summed E-state index contributed by atoms with van der Waals surface area (Å²) >= 11 is 0. The van der Waals surface area contributed by atoms with E-state index in [1.54, 1.807) is 0 Å². The second-order valence-corrected chi connectivity index (χ2v) is 10.6. The van der Waals surface area contributed by atoms with E-state index in [4.69, 9.17) is 13.3 Å². The minimum Gasteiger partial charge on any atom is -0.374 e. The van der Waals surface area contributed by atoms with E-state index in [0.717, 1.165) is 0 Å². The molecule has 1 saturated heterocycles. The van der Waals surface area contributed by atoms with Crippen molar-refractivity contribution in [1.82, 2.24) is 5.32 Å². The van der Waals surface area contributed by atoms with Gasteiger partial charge in [0.1, 0.15) is 0 Å². The molecule has 0 saturated carbocycles. The molecule has 1 unspecified atom stereocenters. The Morgan fingerprint density at radius 1 is 0.526 bits per heavy atom. The van der Waals surface area contributed by atoms with Gasteiger partial charge in [0.25, 0.3) is 0 Å². The first kappa shape index (κ1) is 35.0. The van der Waals surface area contributed by atoms with Crippen LogP contribution >= 0.6 is 0 Å². The van der Waals surface area contributed by atoms with Crippen LogP contribution < -0.4 is 5.32 Å². The van der Waals surface area contributed by atoms with Crippen molar-refractivity contribution < 1.29 is 83.5 Å². The van der Waals surface area contributed by atoms with Crippen molar-refractivity contribution >= 4 is 8.80 Å². The van der Waals surface area contributed by atoms with E-state index in [1.165, 1.54) is 20.8 Å². The molecule has 0 bridgehead atoms. The van der Waals surface area contributed by atoms with Crippen molar-refractivity contribution in [1.29, 1.82) is 0 Å². The maximum atomic E-state index is 14.7.